The van der Waals surface area contributed by atoms with Crippen molar-refractivity contribution in [2.24, 2.45) is 0 Å². The third kappa shape index (κ3) is 9.36. The number of nitrogens with one attached hydrogen (secondary N) is 3. The molecule has 3 N–H and O–H groups in total. The molecule has 1 atom stereocenters. The molecule has 5 aromatic rings. The predicted octanol–water partition coefficient (Wildman–Crippen LogP) is 8.99. The molecule has 5 aromatic carbocycles. The van der Waals surface area contributed by atoms with E-state index in [1.165, 1.54) is 18.9 Å². The number of hydrogen-bond acceptors (Lipinski definition) is 5. The van der Waals surface area contributed by atoms with Crippen molar-refractivity contribution in [2.45, 2.75) is 10.1 Å². The summed E-state index contributed by atoms with van der Waals surface area (Å²) in [5.74, 6) is -0.610. The third-order valence-corrected chi connectivity index (χ3v) is 8.87. The van der Waals surface area contributed by atoms with E-state index in [1.807, 2.05) is 72.8 Å². The minimum absolute atomic E-state index is 0.0786. The molecule has 1 unspecified atom stereocenters. The molecule has 236 valence electrons. The lowest BCUT2D eigenvalue weighted by Gasteiger charge is -2.18. The third-order valence-electron chi connectivity index (χ3n) is 6.81. The SMILES string of the molecule is COc1ccc(NC(=O)C(Sc2ccc(NC(=O)/C(=C/c3cccc(Br)c3)NC(=O)c3ccccc3)cc2)c2ccccc2)cc1Cl. The molecule has 47 heavy (non-hydrogen) atoms. The largest absolute Gasteiger partial charge is 0.495 e. The number of thioether (sulfide) groups is 1. The summed E-state index contributed by atoms with van der Waals surface area (Å²) in [7, 11) is 1.53. The van der Waals surface area contributed by atoms with Crippen molar-refractivity contribution >= 4 is 74.5 Å². The molecule has 0 spiro atoms. The average molecular weight is 727 g/mol. The van der Waals surface area contributed by atoms with Crippen LogP contribution in [0.5, 0.6) is 5.75 Å². The quantitative estimate of drug-likeness (QED) is 0.0933. The van der Waals surface area contributed by atoms with Crippen molar-refractivity contribution in [2.75, 3.05) is 17.7 Å². The van der Waals surface area contributed by atoms with E-state index in [4.69, 9.17) is 16.3 Å². The second-order valence-electron chi connectivity index (χ2n) is 10.2. The Balaban J connectivity index is 1.32. The Morgan fingerprint density at radius 1 is 0.787 bits per heavy atom. The fraction of sp³-hybridized carbons (Fsp3) is 0.0541. The molecular weight excluding hydrogens is 698 g/mol. The van der Waals surface area contributed by atoms with Crippen molar-refractivity contribution in [3.05, 3.63) is 159 Å². The number of amides is 3. The van der Waals surface area contributed by atoms with E-state index >= 15 is 0 Å². The first-order valence-corrected chi connectivity index (χ1v) is 16.4. The first-order valence-electron chi connectivity index (χ1n) is 14.4. The zero-order valence-electron chi connectivity index (χ0n) is 25.1. The maximum atomic E-state index is 13.5. The Morgan fingerprint density at radius 3 is 2.13 bits per heavy atom. The van der Waals surface area contributed by atoms with Crippen LogP contribution in [-0.2, 0) is 9.59 Å². The number of hydrogen-bond donors (Lipinski definition) is 3. The van der Waals surface area contributed by atoms with Crippen molar-refractivity contribution in [3.63, 3.8) is 0 Å². The zero-order valence-corrected chi connectivity index (χ0v) is 28.2. The summed E-state index contributed by atoms with van der Waals surface area (Å²) in [4.78, 5) is 40.8. The lowest BCUT2D eigenvalue weighted by atomic mass is 10.1. The van der Waals surface area contributed by atoms with Crippen LogP contribution in [0.2, 0.25) is 5.02 Å². The summed E-state index contributed by atoms with van der Waals surface area (Å²) in [5, 5.41) is 8.39. The summed E-state index contributed by atoms with van der Waals surface area (Å²) in [6.07, 6.45) is 1.62. The average Bonchev–Trinajstić information content (AvgIpc) is 3.08. The molecule has 0 aliphatic carbocycles. The molecule has 0 saturated heterocycles. The standard InChI is InChI=1S/C37H29BrClN3O4S/c1-46-33-20-17-29(23-31(33)39)41-37(45)34(25-10-4-2-5-11-25)47-30-18-15-28(16-19-30)40-36(44)32(22-24-9-8-14-27(38)21-24)42-35(43)26-12-6-3-7-13-26/h2-23,34H,1H3,(H,40,44)(H,41,45)(H,42,43)/b32-22-. The molecule has 0 bridgehead atoms. The van der Waals surface area contributed by atoms with Crippen LogP contribution in [0.3, 0.4) is 0 Å². The summed E-state index contributed by atoms with van der Waals surface area (Å²) >= 11 is 11.1. The second kappa shape index (κ2) is 16.1. The van der Waals surface area contributed by atoms with E-state index in [1.54, 1.807) is 60.7 Å². The van der Waals surface area contributed by atoms with Gasteiger partial charge >= 0.3 is 0 Å². The van der Waals surface area contributed by atoms with Gasteiger partial charge in [-0.25, -0.2) is 0 Å². The number of carbonyl (C=O) groups is 3. The molecule has 0 aliphatic heterocycles. The van der Waals surface area contributed by atoms with Crippen LogP contribution in [0.25, 0.3) is 6.08 Å². The van der Waals surface area contributed by atoms with Crippen LogP contribution < -0.4 is 20.7 Å². The van der Waals surface area contributed by atoms with E-state index < -0.39 is 17.1 Å². The number of rotatable bonds is 11. The molecule has 0 aliphatic rings. The summed E-state index contributed by atoms with van der Waals surface area (Å²) in [5.41, 5.74) is 3.12. The molecule has 0 aromatic heterocycles. The van der Waals surface area contributed by atoms with Gasteiger partial charge in [0, 0.05) is 26.3 Å². The summed E-state index contributed by atoms with van der Waals surface area (Å²) in [6, 6.07) is 37.8. The van der Waals surface area contributed by atoms with Crippen LogP contribution in [0.4, 0.5) is 11.4 Å². The van der Waals surface area contributed by atoms with Gasteiger partial charge < -0.3 is 20.7 Å². The van der Waals surface area contributed by atoms with Gasteiger partial charge in [0.15, 0.2) is 0 Å². The van der Waals surface area contributed by atoms with E-state index in [0.717, 1.165) is 20.5 Å². The van der Waals surface area contributed by atoms with Crippen LogP contribution >= 0.6 is 39.3 Å². The fourth-order valence-electron chi connectivity index (χ4n) is 4.51. The number of anilines is 2. The summed E-state index contributed by atoms with van der Waals surface area (Å²) < 4.78 is 6.05. The molecule has 10 heteroatoms. The minimum Gasteiger partial charge on any atom is -0.495 e. The molecule has 0 saturated carbocycles. The molecule has 0 heterocycles. The van der Waals surface area contributed by atoms with Gasteiger partial charge in [0.25, 0.3) is 11.8 Å². The topological polar surface area (TPSA) is 96.5 Å². The van der Waals surface area contributed by atoms with Gasteiger partial charge in [-0.2, -0.15) is 0 Å². The minimum atomic E-state index is -0.578. The van der Waals surface area contributed by atoms with Crippen molar-refractivity contribution in [3.8, 4) is 5.75 Å². The highest BCUT2D eigenvalue weighted by Gasteiger charge is 2.23. The highest BCUT2D eigenvalue weighted by Crippen LogP contribution is 2.37. The van der Waals surface area contributed by atoms with E-state index in [0.29, 0.717) is 27.7 Å². The van der Waals surface area contributed by atoms with Gasteiger partial charge in [-0.3, -0.25) is 14.4 Å². The molecule has 3 amide bonds. The van der Waals surface area contributed by atoms with Gasteiger partial charge in [-0.1, -0.05) is 88.2 Å². The first kappa shape index (κ1) is 33.5. The van der Waals surface area contributed by atoms with Gasteiger partial charge in [-0.05, 0) is 83.9 Å². The number of halogens is 2. The normalized spacial score (nSPS) is 11.7. The van der Waals surface area contributed by atoms with E-state index in [-0.39, 0.29) is 11.6 Å². The number of carbonyl (C=O) groups excluding carboxylic acids is 3. The van der Waals surface area contributed by atoms with Gasteiger partial charge in [0.2, 0.25) is 5.91 Å². The highest BCUT2D eigenvalue weighted by atomic mass is 79.9. The molecule has 0 radical (unpaired) electrons. The summed E-state index contributed by atoms with van der Waals surface area (Å²) in [6.45, 7) is 0. The van der Waals surface area contributed by atoms with Crippen LogP contribution in [0.15, 0.2) is 142 Å². The van der Waals surface area contributed by atoms with Crippen LogP contribution in [-0.4, -0.2) is 24.8 Å². The second-order valence-corrected chi connectivity index (χ2v) is 12.7. The highest BCUT2D eigenvalue weighted by molar-refractivity contribution is 9.10. The Kier molecular flexibility index (Phi) is 11.5. The number of benzene rings is 5. The predicted molar refractivity (Wildman–Crippen MR) is 193 cm³/mol. The Labute approximate surface area is 290 Å². The van der Waals surface area contributed by atoms with Gasteiger partial charge in [0.05, 0.1) is 12.1 Å². The number of ether oxygens (including phenoxy) is 1. The maximum absolute atomic E-state index is 13.5. The fourth-order valence-corrected chi connectivity index (χ4v) is 6.21. The monoisotopic (exact) mass is 725 g/mol. The Hall–Kier alpha value is -4.83. The van der Waals surface area contributed by atoms with Crippen molar-refractivity contribution in [1.82, 2.24) is 5.32 Å². The van der Waals surface area contributed by atoms with E-state index in [9.17, 15) is 14.4 Å². The molecule has 0 fully saturated rings. The maximum Gasteiger partial charge on any atom is 0.272 e. The Morgan fingerprint density at radius 2 is 1.47 bits per heavy atom. The smallest absolute Gasteiger partial charge is 0.272 e. The number of methoxy groups -OCH3 is 1. The first-order chi connectivity index (χ1) is 22.8. The molecular formula is C37H29BrClN3O4S. The van der Waals surface area contributed by atoms with Crippen LogP contribution in [0, 0.1) is 0 Å². The lowest BCUT2D eigenvalue weighted by Crippen LogP contribution is -2.30. The van der Waals surface area contributed by atoms with Crippen molar-refractivity contribution in [1.29, 1.82) is 0 Å². The van der Waals surface area contributed by atoms with Crippen molar-refractivity contribution < 1.29 is 19.1 Å². The van der Waals surface area contributed by atoms with Gasteiger partial charge in [0.1, 0.15) is 16.7 Å². The Bertz CT molecular complexity index is 1900. The molecule has 5 rings (SSSR count). The van der Waals surface area contributed by atoms with E-state index in [2.05, 4.69) is 31.9 Å². The zero-order chi connectivity index (χ0) is 33.2. The molecule has 7 nitrogen and oxygen atoms in total. The lowest BCUT2D eigenvalue weighted by molar-refractivity contribution is -0.116. The van der Waals surface area contributed by atoms with Gasteiger partial charge in [-0.15, -0.1) is 11.8 Å². The van der Waals surface area contributed by atoms with Crippen LogP contribution in [0.1, 0.15) is 26.7 Å².